The van der Waals surface area contributed by atoms with Gasteiger partial charge in [0.05, 0.1) is 0 Å². The molecule has 110 valence electrons. The minimum absolute atomic E-state index is 0.0226. The van der Waals surface area contributed by atoms with E-state index in [-0.39, 0.29) is 17.4 Å². The molecular formula is C14H22N4O2. The molecule has 1 aliphatic rings. The van der Waals surface area contributed by atoms with Crippen molar-refractivity contribution in [3.8, 4) is 6.07 Å². The van der Waals surface area contributed by atoms with Gasteiger partial charge in [-0.3, -0.25) is 9.59 Å². The van der Waals surface area contributed by atoms with Crippen molar-refractivity contribution in [2.75, 3.05) is 32.7 Å². The molecule has 1 heterocycles. The topological polar surface area (TPSA) is 76.4 Å². The van der Waals surface area contributed by atoms with E-state index in [1.54, 1.807) is 9.80 Å². The van der Waals surface area contributed by atoms with Crippen LogP contribution in [0, 0.1) is 11.3 Å². The van der Waals surface area contributed by atoms with Crippen LogP contribution in [-0.4, -0.2) is 54.3 Å². The minimum Gasteiger partial charge on any atom is -0.390 e. The molecule has 1 fully saturated rings. The van der Waals surface area contributed by atoms with Gasteiger partial charge in [0.15, 0.2) is 0 Å². The summed E-state index contributed by atoms with van der Waals surface area (Å²) < 4.78 is 0. The van der Waals surface area contributed by atoms with E-state index in [1.165, 1.54) is 13.1 Å². The van der Waals surface area contributed by atoms with Crippen molar-refractivity contribution < 1.29 is 9.59 Å². The zero-order valence-corrected chi connectivity index (χ0v) is 12.2. The third-order valence-corrected chi connectivity index (χ3v) is 3.28. The van der Waals surface area contributed by atoms with Gasteiger partial charge in [0.2, 0.25) is 5.91 Å². The molecule has 0 bridgehead atoms. The second kappa shape index (κ2) is 8.20. The van der Waals surface area contributed by atoms with Crippen LogP contribution < -0.4 is 5.32 Å². The van der Waals surface area contributed by atoms with Crippen LogP contribution in [0.5, 0.6) is 0 Å². The Morgan fingerprint density at radius 3 is 2.35 bits per heavy atom. The van der Waals surface area contributed by atoms with Crippen LogP contribution in [0.15, 0.2) is 11.8 Å². The number of carbonyl (C=O) groups is 2. The quantitative estimate of drug-likeness (QED) is 0.451. The molecule has 6 heteroatoms. The second-order valence-electron chi connectivity index (χ2n) is 4.78. The smallest absolute Gasteiger partial charge is 0.266 e. The molecule has 0 aromatic rings. The number of unbranched alkanes of at least 4 members (excludes halogenated alkanes) is 1. The predicted molar refractivity (Wildman–Crippen MR) is 75.4 cm³/mol. The van der Waals surface area contributed by atoms with Crippen molar-refractivity contribution in [3.63, 3.8) is 0 Å². The van der Waals surface area contributed by atoms with Crippen LogP contribution in [0.3, 0.4) is 0 Å². The number of carbonyl (C=O) groups excluding carboxylic acids is 2. The first kappa shape index (κ1) is 16.0. The summed E-state index contributed by atoms with van der Waals surface area (Å²) in [4.78, 5) is 26.7. The van der Waals surface area contributed by atoms with E-state index in [0.29, 0.717) is 26.2 Å². The molecule has 0 atom stereocenters. The van der Waals surface area contributed by atoms with Crippen LogP contribution in [0.4, 0.5) is 0 Å². The van der Waals surface area contributed by atoms with Crippen LogP contribution in [0.25, 0.3) is 0 Å². The van der Waals surface area contributed by atoms with Gasteiger partial charge in [-0.2, -0.15) is 5.26 Å². The molecule has 0 aromatic heterocycles. The molecule has 0 radical (unpaired) electrons. The first-order valence-electron chi connectivity index (χ1n) is 6.98. The van der Waals surface area contributed by atoms with E-state index in [9.17, 15) is 9.59 Å². The summed E-state index contributed by atoms with van der Waals surface area (Å²) >= 11 is 0. The Bertz CT molecular complexity index is 417. The molecule has 1 rings (SSSR count). The number of rotatable bonds is 5. The molecule has 1 N–H and O–H groups in total. The van der Waals surface area contributed by atoms with Crippen molar-refractivity contribution in [1.82, 2.24) is 15.1 Å². The van der Waals surface area contributed by atoms with Crippen molar-refractivity contribution in [3.05, 3.63) is 11.8 Å². The van der Waals surface area contributed by atoms with Crippen molar-refractivity contribution in [1.29, 1.82) is 5.26 Å². The third-order valence-electron chi connectivity index (χ3n) is 3.28. The van der Waals surface area contributed by atoms with Gasteiger partial charge < -0.3 is 15.1 Å². The number of hydrogen-bond donors (Lipinski definition) is 1. The van der Waals surface area contributed by atoms with Gasteiger partial charge in [-0.05, 0) is 6.42 Å². The maximum atomic E-state index is 12.2. The van der Waals surface area contributed by atoms with E-state index in [4.69, 9.17) is 5.26 Å². The Hall–Kier alpha value is -2.03. The normalized spacial score (nSPS) is 15.8. The zero-order valence-electron chi connectivity index (χ0n) is 12.2. The number of amides is 2. The Morgan fingerprint density at radius 2 is 1.85 bits per heavy atom. The second-order valence-corrected chi connectivity index (χ2v) is 4.78. The summed E-state index contributed by atoms with van der Waals surface area (Å²) in [5.74, 6) is -0.242. The summed E-state index contributed by atoms with van der Waals surface area (Å²) in [5, 5.41) is 12.0. The van der Waals surface area contributed by atoms with E-state index >= 15 is 0 Å². The lowest BCUT2D eigenvalue weighted by Crippen LogP contribution is -2.50. The Balaban J connectivity index is 2.52. The van der Waals surface area contributed by atoms with E-state index < -0.39 is 0 Å². The van der Waals surface area contributed by atoms with Crippen LogP contribution in [0.2, 0.25) is 0 Å². The van der Waals surface area contributed by atoms with Gasteiger partial charge in [0, 0.05) is 45.8 Å². The van der Waals surface area contributed by atoms with Gasteiger partial charge in [0.25, 0.3) is 5.91 Å². The maximum Gasteiger partial charge on any atom is 0.266 e. The molecule has 1 saturated heterocycles. The number of nitrogens with zero attached hydrogens (tertiary/aromatic N) is 3. The fourth-order valence-corrected chi connectivity index (χ4v) is 1.99. The lowest BCUT2D eigenvalue weighted by molar-refractivity contribution is -0.136. The molecule has 0 aliphatic carbocycles. The predicted octanol–water partition coefficient (Wildman–Crippen LogP) is 0.474. The van der Waals surface area contributed by atoms with Gasteiger partial charge in [-0.1, -0.05) is 13.3 Å². The monoisotopic (exact) mass is 278 g/mol. The summed E-state index contributed by atoms with van der Waals surface area (Å²) in [6, 6.07) is 1.94. The molecular weight excluding hydrogens is 256 g/mol. The lowest BCUT2D eigenvalue weighted by Gasteiger charge is -2.34. The molecule has 6 nitrogen and oxygen atoms in total. The first-order valence-corrected chi connectivity index (χ1v) is 6.98. The highest BCUT2D eigenvalue weighted by molar-refractivity contribution is 5.97. The molecule has 1 aliphatic heterocycles. The highest BCUT2D eigenvalue weighted by Gasteiger charge is 2.24. The highest BCUT2D eigenvalue weighted by atomic mass is 16.2. The average molecular weight is 278 g/mol. The average Bonchev–Trinajstić information content (AvgIpc) is 2.47. The number of nitriles is 1. The van der Waals surface area contributed by atoms with E-state index in [2.05, 4.69) is 12.2 Å². The standard InChI is InChI=1S/C14H22N4O2/c1-3-4-5-16-11-13(10-15)14(20)18-8-6-17(7-9-18)12(2)19/h11,16H,3-9H2,1-2H3/b13-11-. The zero-order chi connectivity index (χ0) is 15.0. The Morgan fingerprint density at radius 1 is 1.25 bits per heavy atom. The molecule has 0 spiro atoms. The number of piperazine rings is 1. The van der Waals surface area contributed by atoms with Crippen molar-refractivity contribution >= 4 is 11.8 Å². The summed E-state index contributed by atoms with van der Waals surface area (Å²) in [7, 11) is 0. The van der Waals surface area contributed by atoms with E-state index in [0.717, 1.165) is 19.4 Å². The molecule has 2 amide bonds. The third kappa shape index (κ3) is 4.57. The lowest BCUT2D eigenvalue weighted by atomic mass is 10.2. The maximum absolute atomic E-state index is 12.2. The first-order chi connectivity index (χ1) is 9.60. The number of nitrogens with one attached hydrogen (secondary N) is 1. The van der Waals surface area contributed by atoms with Gasteiger partial charge in [-0.25, -0.2) is 0 Å². The summed E-state index contributed by atoms with van der Waals surface area (Å²) in [6.07, 6.45) is 3.56. The molecule has 20 heavy (non-hydrogen) atoms. The minimum atomic E-state index is -0.264. The molecule has 0 unspecified atom stereocenters. The highest BCUT2D eigenvalue weighted by Crippen LogP contribution is 2.06. The SMILES string of the molecule is CCCCN/C=C(/C#N)C(=O)N1CCN(C(C)=O)CC1. The molecule has 0 aromatic carbocycles. The Kier molecular flexibility index (Phi) is 6.57. The van der Waals surface area contributed by atoms with Crippen molar-refractivity contribution in [2.24, 2.45) is 0 Å². The van der Waals surface area contributed by atoms with Crippen LogP contribution in [-0.2, 0) is 9.59 Å². The largest absolute Gasteiger partial charge is 0.390 e. The fourth-order valence-electron chi connectivity index (χ4n) is 1.99. The van der Waals surface area contributed by atoms with Gasteiger partial charge in [0.1, 0.15) is 11.6 Å². The number of hydrogen-bond acceptors (Lipinski definition) is 4. The van der Waals surface area contributed by atoms with Crippen LogP contribution >= 0.6 is 0 Å². The molecule has 0 saturated carbocycles. The van der Waals surface area contributed by atoms with E-state index in [1.807, 2.05) is 6.07 Å². The van der Waals surface area contributed by atoms with Crippen molar-refractivity contribution in [2.45, 2.75) is 26.7 Å². The van der Waals surface area contributed by atoms with Gasteiger partial charge in [-0.15, -0.1) is 0 Å². The van der Waals surface area contributed by atoms with Gasteiger partial charge >= 0.3 is 0 Å². The fraction of sp³-hybridized carbons (Fsp3) is 0.643. The van der Waals surface area contributed by atoms with Crippen LogP contribution in [0.1, 0.15) is 26.7 Å². The summed E-state index contributed by atoms with van der Waals surface area (Å²) in [5.41, 5.74) is 0.123. The Labute approximate surface area is 120 Å². The summed E-state index contributed by atoms with van der Waals surface area (Å²) in [6.45, 7) is 6.38.